The zero-order chi connectivity index (χ0) is 20.8. The molecule has 1 aromatic heterocycles. The first-order valence-corrected chi connectivity index (χ1v) is 9.96. The quantitative estimate of drug-likeness (QED) is 0.497. The number of halogens is 1. The van der Waals surface area contributed by atoms with E-state index in [-0.39, 0.29) is 17.3 Å². The van der Waals surface area contributed by atoms with E-state index in [9.17, 15) is 14.9 Å². The molecule has 2 heterocycles. The number of methoxy groups -OCH3 is 1. The van der Waals surface area contributed by atoms with Gasteiger partial charge in [0.1, 0.15) is 11.6 Å². The highest BCUT2D eigenvalue weighted by molar-refractivity contribution is 9.10. The molecule has 1 fully saturated rings. The van der Waals surface area contributed by atoms with Crippen molar-refractivity contribution in [1.29, 1.82) is 0 Å². The van der Waals surface area contributed by atoms with Crippen molar-refractivity contribution in [2.45, 2.75) is 6.42 Å². The molecular formula is C19H22BrN5O4. The zero-order valence-electron chi connectivity index (χ0n) is 16.0. The third-order valence-corrected chi connectivity index (χ3v) is 5.20. The zero-order valence-corrected chi connectivity index (χ0v) is 17.6. The lowest BCUT2D eigenvalue weighted by atomic mass is 10.2. The van der Waals surface area contributed by atoms with E-state index in [1.807, 2.05) is 12.1 Å². The minimum Gasteiger partial charge on any atom is -0.494 e. The van der Waals surface area contributed by atoms with Crippen LogP contribution < -0.4 is 15.0 Å². The van der Waals surface area contributed by atoms with E-state index in [0.717, 1.165) is 36.5 Å². The van der Waals surface area contributed by atoms with Crippen LogP contribution in [0.5, 0.6) is 5.75 Å². The Kier molecular flexibility index (Phi) is 6.99. The number of piperazine rings is 1. The molecule has 0 unspecified atom stereocenters. The molecule has 10 heteroatoms. The molecule has 1 saturated heterocycles. The van der Waals surface area contributed by atoms with Gasteiger partial charge in [-0.2, -0.15) is 0 Å². The van der Waals surface area contributed by atoms with E-state index in [4.69, 9.17) is 4.74 Å². The molecule has 0 saturated carbocycles. The number of nitro benzene ring substituents is 1. The van der Waals surface area contributed by atoms with Gasteiger partial charge in [0.2, 0.25) is 5.91 Å². The number of non-ortho nitro benzene ring substituents is 1. The number of ether oxygens (including phenoxy) is 1. The lowest BCUT2D eigenvalue weighted by Crippen LogP contribution is -2.47. The molecule has 29 heavy (non-hydrogen) atoms. The SMILES string of the molecule is COc1cc([N+](=O)[O-])ccc1NC(=O)CCN1CCN(c2ccc(Br)cn2)CC1. The van der Waals surface area contributed by atoms with E-state index >= 15 is 0 Å². The molecule has 0 radical (unpaired) electrons. The number of aromatic nitrogens is 1. The lowest BCUT2D eigenvalue weighted by Gasteiger charge is -2.35. The number of hydrogen-bond donors (Lipinski definition) is 1. The standard InChI is InChI=1S/C19H22BrN5O4/c1-29-17-12-15(25(27)28)3-4-16(17)22-19(26)6-7-23-8-10-24(11-9-23)18-5-2-14(20)13-21-18/h2-5,12-13H,6-11H2,1H3,(H,22,26). The molecule has 1 aromatic carbocycles. The molecule has 9 nitrogen and oxygen atoms in total. The summed E-state index contributed by atoms with van der Waals surface area (Å²) < 4.78 is 6.10. The number of rotatable bonds is 7. The highest BCUT2D eigenvalue weighted by Gasteiger charge is 2.19. The Labute approximate surface area is 176 Å². The van der Waals surface area contributed by atoms with Crippen molar-refractivity contribution in [3.05, 3.63) is 51.1 Å². The number of carbonyl (C=O) groups is 1. The Balaban J connectivity index is 1.47. The average Bonchev–Trinajstić information content (AvgIpc) is 2.73. The lowest BCUT2D eigenvalue weighted by molar-refractivity contribution is -0.384. The molecule has 1 amide bonds. The number of anilines is 2. The predicted octanol–water partition coefficient (Wildman–Crippen LogP) is 2.91. The van der Waals surface area contributed by atoms with Gasteiger partial charge in [0.15, 0.2) is 0 Å². The van der Waals surface area contributed by atoms with Crippen molar-refractivity contribution in [2.24, 2.45) is 0 Å². The molecule has 0 atom stereocenters. The summed E-state index contributed by atoms with van der Waals surface area (Å²) in [5.74, 6) is 1.06. The van der Waals surface area contributed by atoms with Crippen molar-refractivity contribution in [1.82, 2.24) is 9.88 Å². The fraction of sp³-hybridized carbons (Fsp3) is 0.368. The minimum atomic E-state index is -0.502. The number of benzene rings is 1. The van der Waals surface area contributed by atoms with Gasteiger partial charge in [-0.15, -0.1) is 0 Å². The van der Waals surface area contributed by atoms with E-state index in [0.29, 0.717) is 18.7 Å². The van der Waals surface area contributed by atoms with Crippen LogP contribution in [0.1, 0.15) is 6.42 Å². The molecule has 3 rings (SSSR count). The molecular weight excluding hydrogens is 442 g/mol. The predicted molar refractivity (Wildman–Crippen MR) is 113 cm³/mol. The van der Waals surface area contributed by atoms with Gasteiger partial charge in [-0.3, -0.25) is 19.8 Å². The second-order valence-electron chi connectivity index (χ2n) is 6.60. The second-order valence-corrected chi connectivity index (χ2v) is 7.52. The summed E-state index contributed by atoms with van der Waals surface area (Å²) >= 11 is 3.39. The van der Waals surface area contributed by atoms with E-state index in [2.05, 4.69) is 36.0 Å². The van der Waals surface area contributed by atoms with Crippen LogP contribution in [0, 0.1) is 10.1 Å². The molecule has 0 aliphatic carbocycles. The largest absolute Gasteiger partial charge is 0.494 e. The summed E-state index contributed by atoms with van der Waals surface area (Å²) in [6.45, 7) is 4.05. The second kappa shape index (κ2) is 9.66. The highest BCUT2D eigenvalue weighted by Crippen LogP contribution is 2.29. The number of nitro groups is 1. The molecule has 0 bridgehead atoms. The van der Waals surface area contributed by atoms with Gasteiger partial charge >= 0.3 is 0 Å². The fourth-order valence-corrected chi connectivity index (χ4v) is 3.36. The maximum Gasteiger partial charge on any atom is 0.273 e. The van der Waals surface area contributed by atoms with Crippen LogP contribution in [-0.2, 0) is 4.79 Å². The summed E-state index contributed by atoms with van der Waals surface area (Å²) in [6, 6.07) is 8.09. The first-order chi connectivity index (χ1) is 14.0. The number of nitrogens with one attached hydrogen (secondary N) is 1. The molecule has 2 aromatic rings. The van der Waals surface area contributed by atoms with Gasteiger partial charge in [0, 0.05) is 55.9 Å². The summed E-state index contributed by atoms with van der Waals surface area (Å²) in [4.78, 5) is 31.6. The van der Waals surface area contributed by atoms with Gasteiger partial charge < -0.3 is 15.0 Å². The monoisotopic (exact) mass is 463 g/mol. The topological polar surface area (TPSA) is 101 Å². The smallest absolute Gasteiger partial charge is 0.273 e. The van der Waals surface area contributed by atoms with Crippen molar-refractivity contribution in [2.75, 3.05) is 50.1 Å². The van der Waals surface area contributed by atoms with Crippen molar-refractivity contribution >= 4 is 39.0 Å². The third-order valence-electron chi connectivity index (χ3n) is 4.73. The van der Waals surface area contributed by atoms with Gasteiger partial charge in [-0.05, 0) is 34.1 Å². The average molecular weight is 464 g/mol. The number of amides is 1. The van der Waals surface area contributed by atoms with Crippen LogP contribution in [0.25, 0.3) is 0 Å². The number of pyridine rings is 1. The number of nitrogens with zero attached hydrogens (tertiary/aromatic N) is 4. The Morgan fingerprint density at radius 2 is 2.03 bits per heavy atom. The van der Waals surface area contributed by atoms with Crippen LogP contribution in [0.4, 0.5) is 17.2 Å². The Morgan fingerprint density at radius 1 is 1.28 bits per heavy atom. The molecule has 154 valence electrons. The maximum atomic E-state index is 12.3. The Bertz CT molecular complexity index is 869. The third kappa shape index (κ3) is 5.64. The van der Waals surface area contributed by atoms with Gasteiger partial charge in [-0.1, -0.05) is 0 Å². The highest BCUT2D eigenvalue weighted by atomic mass is 79.9. The molecule has 1 aliphatic heterocycles. The van der Waals surface area contributed by atoms with Crippen LogP contribution in [0.15, 0.2) is 41.0 Å². The Morgan fingerprint density at radius 3 is 2.66 bits per heavy atom. The fourth-order valence-electron chi connectivity index (χ4n) is 3.12. The van der Waals surface area contributed by atoms with Crippen LogP contribution in [0.2, 0.25) is 0 Å². The van der Waals surface area contributed by atoms with Gasteiger partial charge in [-0.25, -0.2) is 4.98 Å². The molecule has 1 N–H and O–H groups in total. The van der Waals surface area contributed by atoms with Crippen molar-refractivity contribution in [3.8, 4) is 5.75 Å². The summed E-state index contributed by atoms with van der Waals surface area (Å²) in [7, 11) is 1.41. The summed E-state index contributed by atoms with van der Waals surface area (Å²) in [5.41, 5.74) is 0.340. The van der Waals surface area contributed by atoms with Crippen LogP contribution >= 0.6 is 15.9 Å². The van der Waals surface area contributed by atoms with E-state index in [1.165, 1.54) is 25.3 Å². The summed E-state index contributed by atoms with van der Waals surface area (Å²) in [6.07, 6.45) is 2.12. The summed E-state index contributed by atoms with van der Waals surface area (Å²) in [5, 5.41) is 13.6. The van der Waals surface area contributed by atoms with Gasteiger partial charge in [0.05, 0.1) is 23.8 Å². The number of carbonyl (C=O) groups excluding carboxylic acids is 1. The first kappa shape index (κ1) is 21.0. The van der Waals surface area contributed by atoms with Crippen LogP contribution in [0.3, 0.4) is 0 Å². The molecule has 0 spiro atoms. The van der Waals surface area contributed by atoms with E-state index < -0.39 is 4.92 Å². The Hall–Kier alpha value is -2.72. The normalized spacial score (nSPS) is 14.5. The van der Waals surface area contributed by atoms with Crippen molar-refractivity contribution in [3.63, 3.8) is 0 Å². The van der Waals surface area contributed by atoms with E-state index in [1.54, 1.807) is 6.20 Å². The molecule has 1 aliphatic rings. The number of hydrogen-bond acceptors (Lipinski definition) is 7. The minimum absolute atomic E-state index is 0.0852. The first-order valence-electron chi connectivity index (χ1n) is 9.17. The van der Waals surface area contributed by atoms with Gasteiger partial charge in [0.25, 0.3) is 5.69 Å². The van der Waals surface area contributed by atoms with Crippen molar-refractivity contribution < 1.29 is 14.5 Å². The van der Waals surface area contributed by atoms with Crippen LogP contribution in [-0.4, -0.2) is 60.5 Å². The maximum absolute atomic E-state index is 12.3.